The molecule has 0 fully saturated rings. The summed E-state index contributed by atoms with van der Waals surface area (Å²) in [4.78, 5) is 3.52. The van der Waals surface area contributed by atoms with Crippen LogP contribution in [0.25, 0.3) is 22.2 Å². The zero-order chi connectivity index (χ0) is 14.1. The summed E-state index contributed by atoms with van der Waals surface area (Å²) in [6.45, 7) is 4.21. The van der Waals surface area contributed by atoms with Crippen LogP contribution in [0.5, 0.6) is 0 Å². The number of aromatic amines is 1. The first-order valence-corrected chi connectivity index (χ1v) is 7.16. The summed E-state index contributed by atoms with van der Waals surface area (Å²) >= 11 is 0. The Morgan fingerprint density at radius 1 is 1.05 bits per heavy atom. The van der Waals surface area contributed by atoms with Crippen LogP contribution in [0.2, 0.25) is 0 Å². The van der Waals surface area contributed by atoms with Crippen LogP contribution < -0.4 is 5.73 Å². The Labute approximate surface area is 119 Å². The Bertz CT molecular complexity index is 721. The van der Waals surface area contributed by atoms with Crippen LogP contribution in [0.4, 0.5) is 0 Å². The fraction of sp³-hybridized carbons (Fsp3) is 0.222. The van der Waals surface area contributed by atoms with Crippen molar-refractivity contribution in [2.24, 2.45) is 5.73 Å². The predicted molar refractivity (Wildman–Crippen MR) is 85.7 cm³/mol. The van der Waals surface area contributed by atoms with Crippen molar-refractivity contribution in [2.75, 3.05) is 0 Å². The molecule has 3 aromatic rings. The van der Waals surface area contributed by atoms with Crippen LogP contribution >= 0.6 is 0 Å². The van der Waals surface area contributed by atoms with E-state index in [-0.39, 0.29) is 6.04 Å². The Morgan fingerprint density at radius 2 is 1.75 bits per heavy atom. The number of rotatable bonds is 3. The molecule has 1 heterocycles. The first kappa shape index (κ1) is 12.9. The molecule has 2 aromatic carbocycles. The molecule has 3 N–H and O–H groups in total. The van der Waals surface area contributed by atoms with Crippen molar-refractivity contribution in [3.63, 3.8) is 0 Å². The second-order valence-corrected chi connectivity index (χ2v) is 5.30. The molecule has 0 aliphatic rings. The maximum atomic E-state index is 6.20. The lowest BCUT2D eigenvalue weighted by Crippen LogP contribution is -2.05. The summed E-state index contributed by atoms with van der Waals surface area (Å²) in [6, 6.07) is 17.1. The number of nitrogens with two attached hydrogens (primary N) is 1. The lowest BCUT2D eigenvalue weighted by Gasteiger charge is -2.09. The van der Waals surface area contributed by atoms with Gasteiger partial charge in [0.05, 0.1) is 5.69 Å². The fourth-order valence-corrected chi connectivity index (χ4v) is 2.77. The zero-order valence-corrected chi connectivity index (χ0v) is 12.0. The number of aryl methyl sites for hydroxylation is 1. The van der Waals surface area contributed by atoms with Crippen molar-refractivity contribution in [1.29, 1.82) is 0 Å². The van der Waals surface area contributed by atoms with Crippen LogP contribution in [-0.4, -0.2) is 4.98 Å². The van der Waals surface area contributed by atoms with Crippen molar-refractivity contribution in [2.45, 2.75) is 26.3 Å². The van der Waals surface area contributed by atoms with E-state index in [9.17, 15) is 0 Å². The molecule has 3 rings (SSSR count). The Kier molecular flexibility index (Phi) is 3.33. The highest BCUT2D eigenvalue weighted by atomic mass is 14.7. The third-order valence-corrected chi connectivity index (χ3v) is 3.85. The number of benzene rings is 2. The smallest absolute Gasteiger partial charge is 0.0513 e. The molecule has 1 aromatic heterocycles. The van der Waals surface area contributed by atoms with Gasteiger partial charge in [-0.15, -0.1) is 0 Å². The number of para-hydroxylation sites is 1. The summed E-state index contributed by atoms with van der Waals surface area (Å²) in [6.07, 6.45) is 1.06. The van der Waals surface area contributed by atoms with Gasteiger partial charge in [-0.25, -0.2) is 0 Å². The maximum absolute atomic E-state index is 6.20. The first-order chi connectivity index (χ1) is 9.70. The largest absolute Gasteiger partial charge is 0.354 e. The number of hydrogen-bond acceptors (Lipinski definition) is 1. The van der Waals surface area contributed by atoms with Gasteiger partial charge < -0.3 is 10.7 Å². The van der Waals surface area contributed by atoms with E-state index < -0.39 is 0 Å². The summed E-state index contributed by atoms with van der Waals surface area (Å²) < 4.78 is 0. The van der Waals surface area contributed by atoms with Crippen molar-refractivity contribution < 1.29 is 0 Å². The minimum Gasteiger partial charge on any atom is -0.354 e. The highest BCUT2D eigenvalue weighted by Gasteiger charge is 2.15. The molecular weight excluding hydrogens is 244 g/mol. The van der Waals surface area contributed by atoms with Gasteiger partial charge >= 0.3 is 0 Å². The average molecular weight is 264 g/mol. The van der Waals surface area contributed by atoms with E-state index in [0.29, 0.717) is 0 Å². The van der Waals surface area contributed by atoms with Gasteiger partial charge in [-0.05, 0) is 30.5 Å². The van der Waals surface area contributed by atoms with Crippen LogP contribution in [0, 0.1) is 0 Å². The number of H-pyrrole nitrogens is 1. The lowest BCUT2D eigenvalue weighted by atomic mass is 9.99. The number of nitrogens with one attached hydrogen (secondary N) is 1. The van der Waals surface area contributed by atoms with E-state index in [1.54, 1.807) is 0 Å². The Hall–Kier alpha value is -2.06. The van der Waals surface area contributed by atoms with E-state index >= 15 is 0 Å². The topological polar surface area (TPSA) is 41.8 Å². The molecule has 0 spiro atoms. The van der Waals surface area contributed by atoms with Gasteiger partial charge in [-0.1, -0.05) is 49.4 Å². The lowest BCUT2D eigenvalue weighted by molar-refractivity contribution is 0.828. The van der Waals surface area contributed by atoms with Crippen molar-refractivity contribution in [3.8, 4) is 11.3 Å². The van der Waals surface area contributed by atoms with Gasteiger partial charge in [0.1, 0.15) is 0 Å². The summed E-state index contributed by atoms with van der Waals surface area (Å²) in [7, 11) is 0. The molecule has 102 valence electrons. The molecule has 20 heavy (non-hydrogen) atoms. The number of aromatic nitrogens is 1. The van der Waals surface area contributed by atoms with Gasteiger partial charge in [0.15, 0.2) is 0 Å². The predicted octanol–water partition coefficient (Wildman–Crippen LogP) is 4.42. The van der Waals surface area contributed by atoms with Crippen LogP contribution in [0.1, 0.15) is 31.0 Å². The van der Waals surface area contributed by atoms with E-state index in [2.05, 4.69) is 54.4 Å². The summed E-state index contributed by atoms with van der Waals surface area (Å²) in [5, 5.41) is 1.22. The minimum atomic E-state index is 0.00648. The van der Waals surface area contributed by atoms with Crippen molar-refractivity contribution in [1.82, 2.24) is 4.98 Å². The SMILES string of the molecule is CCc1ccc(-c2[nH]c3ccccc3c2C(C)N)cc1. The van der Waals surface area contributed by atoms with Crippen LogP contribution in [-0.2, 0) is 6.42 Å². The molecule has 0 amide bonds. The Morgan fingerprint density at radius 3 is 2.40 bits per heavy atom. The molecular formula is C18H20N2. The quantitative estimate of drug-likeness (QED) is 0.722. The zero-order valence-electron chi connectivity index (χ0n) is 12.0. The minimum absolute atomic E-state index is 0.00648. The molecule has 2 nitrogen and oxygen atoms in total. The highest BCUT2D eigenvalue weighted by molar-refractivity contribution is 5.91. The van der Waals surface area contributed by atoms with Crippen LogP contribution in [0.15, 0.2) is 48.5 Å². The second-order valence-electron chi connectivity index (χ2n) is 5.30. The fourth-order valence-electron chi connectivity index (χ4n) is 2.77. The average Bonchev–Trinajstić information content (AvgIpc) is 2.86. The standard InChI is InChI=1S/C18H20N2/c1-3-13-8-10-14(11-9-13)18-17(12(2)19)15-6-4-5-7-16(15)20-18/h4-12,20H,3,19H2,1-2H3. The molecule has 1 unspecified atom stereocenters. The monoisotopic (exact) mass is 264 g/mol. The van der Waals surface area contributed by atoms with E-state index in [0.717, 1.165) is 17.6 Å². The molecule has 0 aliphatic heterocycles. The van der Waals surface area contributed by atoms with Gasteiger partial charge in [-0.3, -0.25) is 0 Å². The van der Waals surface area contributed by atoms with E-state index in [1.807, 2.05) is 13.0 Å². The molecule has 2 heteroatoms. The molecule has 0 aliphatic carbocycles. The third kappa shape index (κ3) is 2.12. The van der Waals surface area contributed by atoms with Gasteiger partial charge in [0.25, 0.3) is 0 Å². The summed E-state index contributed by atoms with van der Waals surface area (Å²) in [5.41, 5.74) is 12.2. The normalized spacial score (nSPS) is 12.8. The third-order valence-electron chi connectivity index (χ3n) is 3.85. The number of hydrogen-bond donors (Lipinski definition) is 2. The van der Waals surface area contributed by atoms with Crippen molar-refractivity contribution in [3.05, 3.63) is 59.7 Å². The Balaban J connectivity index is 2.21. The maximum Gasteiger partial charge on any atom is 0.0513 e. The molecule has 0 radical (unpaired) electrons. The van der Waals surface area contributed by atoms with E-state index in [1.165, 1.54) is 22.1 Å². The summed E-state index contributed by atoms with van der Waals surface area (Å²) in [5.74, 6) is 0. The van der Waals surface area contributed by atoms with Crippen LogP contribution in [0.3, 0.4) is 0 Å². The van der Waals surface area contributed by atoms with Crippen molar-refractivity contribution >= 4 is 10.9 Å². The number of fused-ring (bicyclic) bond motifs is 1. The second kappa shape index (κ2) is 5.14. The van der Waals surface area contributed by atoms with Gasteiger partial charge in [0, 0.05) is 22.5 Å². The van der Waals surface area contributed by atoms with Gasteiger partial charge in [-0.2, -0.15) is 0 Å². The first-order valence-electron chi connectivity index (χ1n) is 7.16. The molecule has 1 atom stereocenters. The highest BCUT2D eigenvalue weighted by Crippen LogP contribution is 2.33. The van der Waals surface area contributed by atoms with E-state index in [4.69, 9.17) is 5.73 Å². The molecule has 0 bridgehead atoms. The molecule has 0 saturated heterocycles. The molecule has 0 saturated carbocycles. The van der Waals surface area contributed by atoms with Gasteiger partial charge in [0.2, 0.25) is 0 Å².